The quantitative estimate of drug-likeness (QED) is 0.162. The molecule has 0 saturated heterocycles. The van der Waals surface area contributed by atoms with E-state index < -0.39 is 0 Å². The molecule has 8 rings (SSSR count). The van der Waals surface area contributed by atoms with Crippen molar-refractivity contribution < 1.29 is 9.59 Å². The van der Waals surface area contributed by atoms with Gasteiger partial charge in [0.1, 0.15) is 0 Å². The number of carbonyl (C=O) groups excluding carboxylic acids is 2. The first kappa shape index (κ1) is 24.5. The lowest BCUT2D eigenvalue weighted by atomic mass is 9.72. The van der Waals surface area contributed by atoms with Crippen LogP contribution in [0.1, 0.15) is 51.3 Å². The fraction of sp³-hybridized carbons (Fsp3) is 0.0769. The number of para-hydroxylation sites is 2. The summed E-state index contributed by atoms with van der Waals surface area (Å²) in [5.74, 6) is -0.417. The van der Waals surface area contributed by atoms with Crippen LogP contribution in [0.4, 0.5) is 17.1 Å². The van der Waals surface area contributed by atoms with Gasteiger partial charge >= 0.3 is 0 Å². The highest BCUT2D eigenvalue weighted by molar-refractivity contribution is 6.42. The van der Waals surface area contributed by atoms with Gasteiger partial charge in [0.05, 0.1) is 16.9 Å². The monoisotopic (exact) mass is 541 g/mol. The Balaban J connectivity index is 1.28. The zero-order valence-corrected chi connectivity index (χ0v) is 23.4. The molecule has 3 nitrogen and oxygen atoms in total. The molecule has 6 aromatic carbocycles. The van der Waals surface area contributed by atoms with Gasteiger partial charge in [0.2, 0.25) is 0 Å². The zero-order chi connectivity index (χ0) is 28.6. The summed E-state index contributed by atoms with van der Waals surface area (Å²) in [6.45, 7) is 4.58. The maximum absolute atomic E-state index is 13.4. The molecule has 42 heavy (non-hydrogen) atoms. The molecule has 0 atom stereocenters. The molecule has 1 aliphatic carbocycles. The minimum Gasteiger partial charge on any atom is -0.309 e. The Bertz CT molecular complexity index is 2100. The Labute approximate surface area is 244 Å². The molecule has 0 aromatic heterocycles. The molecule has 6 aromatic rings. The Morgan fingerprint density at radius 2 is 1.24 bits per heavy atom. The van der Waals surface area contributed by atoms with Gasteiger partial charge in [-0.1, -0.05) is 98.8 Å². The van der Waals surface area contributed by atoms with E-state index in [4.69, 9.17) is 0 Å². The van der Waals surface area contributed by atoms with Gasteiger partial charge in [-0.05, 0) is 75.3 Å². The summed E-state index contributed by atoms with van der Waals surface area (Å²) in [7, 11) is 0. The number of carbonyl (C=O) groups is 2. The van der Waals surface area contributed by atoms with E-state index in [2.05, 4.69) is 91.5 Å². The van der Waals surface area contributed by atoms with Gasteiger partial charge in [-0.2, -0.15) is 0 Å². The Morgan fingerprint density at radius 3 is 1.95 bits per heavy atom. The molecule has 0 spiro atoms. The smallest absolute Gasteiger partial charge is 0.197 e. The third-order valence-corrected chi connectivity index (χ3v) is 8.92. The van der Waals surface area contributed by atoms with Crippen molar-refractivity contribution in [1.82, 2.24) is 0 Å². The Morgan fingerprint density at radius 1 is 0.595 bits per heavy atom. The molecule has 200 valence electrons. The zero-order valence-electron chi connectivity index (χ0n) is 23.4. The molecule has 0 fully saturated rings. The van der Waals surface area contributed by atoms with Crippen LogP contribution >= 0.6 is 0 Å². The topological polar surface area (TPSA) is 37.4 Å². The molecule has 0 unspecified atom stereocenters. The SMILES string of the molecule is CC1(C)c2ccccc2N(c2ccccc2)c2c1ccc1cc(C=C3C(=O)c4cc5ccccc5cc4C3=O)ccc21. The molecule has 2 aliphatic rings. The summed E-state index contributed by atoms with van der Waals surface area (Å²) < 4.78 is 0. The summed E-state index contributed by atoms with van der Waals surface area (Å²) in [6.07, 6.45) is 1.75. The molecule has 3 heteroatoms. The van der Waals surface area contributed by atoms with Crippen molar-refractivity contribution in [1.29, 1.82) is 0 Å². The normalized spacial score (nSPS) is 15.1. The number of allylic oxidation sites excluding steroid dienone is 1. The van der Waals surface area contributed by atoms with Crippen LogP contribution in [0.5, 0.6) is 0 Å². The van der Waals surface area contributed by atoms with Crippen LogP contribution in [0.3, 0.4) is 0 Å². The predicted octanol–water partition coefficient (Wildman–Crippen LogP) is 9.56. The first-order chi connectivity index (χ1) is 20.4. The Hall–Kier alpha value is -5.28. The number of nitrogens with zero attached hydrogens (tertiary/aromatic N) is 1. The molecular formula is C39H27NO2. The van der Waals surface area contributed by atoms with Crippen molar-refractivity contribution in [3.05, 3.63) is 155 Å². The van der Waals surface area contributed by atoms with Gasteiger partial charge in [0.15, 0.2) is 11.6 Å². The van der Waals surface area contributed by atoms with Gasteiger partial charge in [0, 0.05) is 27.6 Å². The largest absolute Gasteiger partial charge is 0.309 e. The van der Waals surface area contributed by atoms with Crippen LogP contribution in [-0.2, 0) is 5.41 Å². The van der Waals surface area contributed by atoms with Crippen molar-refractivity contribution in [2.45, 2.75) is 19.3 Å². The van der Waals surface area contributed by atoms with Crippen LogP contribution in [0.25, 0.3) is 27.6 Å². The molecule has 0 N–H and O–H groups in total. The van der Waals surface area contributed by atoms with Crippen molar-refractivity contribution >= 4 is 56.2 Å². The minimum atomic E-state index is -0.208. The lowest BCUT2D eigenvalue weighted by Gasteiger charge is -2.42. The molecule has 0 radical (unpaired) electrons. The lowest BCUT2D eigenvalue weighted by Crippen LogP contribution is -2.30. The third-order valence-electron chi connectivity index (χ3n) is 8.92. The number of rotatable bonds is 2. The van der Waals surface area contributed by atoms with E-state index in [9.17, 15) is 9.59 Å². The summed E-state index contributed by atoms with van der Waals surface area (Å²) in [6, 6.07) is 41.3. The highest BCUT2D eigenvalue weighted by Crippen LogP contribution is 2.54. The molecule has 1 aliphatic heterocycles. The number of hydrogen-bond acceptors (Lipinski definition) is 3. The molecule has 1 heterocycles. The van der Waals surface area contributed by atoms with Gasteiger partial charge in [-0.25, -0.2) is 0 Å². The summed E-state index contributed by atoms with van der Waals surface area (Å²) >= 11 is 0. The fourth-order valence-corrected chi connectivity index (χ4v) is 6.78. The van der Waals surface area contributed by atoms with Gasteiger partial charge < -0.3 is 4.90 Å². The summed E-state index contributed by atoms with van der Waals surface area (Å²) in [4.78, 5) is 29.2. The first-order valence-electron chi connectivity index (χ1n) is 14.3. The van der Waals surface area contributed by atoms with Crippen molar-refractivity contribution in [2.75, 3.05) is 4.90 Å². The molecule has 0 amide bonds. The van der Waals surface area contributed by atoms with Crippen molar-refractivity contribution in [3.63, 3.8) is 0 Å². The average molecular weight is 542 g/mol. The maximum Gasteiger partial charge on any atom is 0.197 e. The number of Topliss-reactive ketones (excluding diaryl/α,β-unsaturated/α-hetero) is 2. The van der Waals surface area contributed by atoms with E-state index in [0.29, 0.717) is 11.1 Å². The average Bonchev–Trinajstić information content (AvgIpc) is 3.24. The molecule has 0 bridgehead atoms. The van der Waals surface area contributed by atoms with E-state index in [0.717, 1.165) is 38.5 Å². The van der Waals surface area contributed by atoms with E-state index in [1.807, 2.05) is 48.5 Å². The molecule has 0 saturated carbocycles. The minimum absolute atomic E-state index is 0.190. The van der Waals surface area contributed by atoms with Crippen molar-refractivity contribution in [3.8, 4) is 0 Å². The number of fused-ring (bicyclic) bond motifs is 6. The van der Waals surface area contributed by atoms with Crippen LogP contribution in [0.2, 0.25) is 0 Å². The number of hydrogen-bond donors (Lipinski definition) is 0. The predicted molar refractivity (Wildman–Crippen MR) is 171 cm³/mol. The molecular weight excluding hydrogens is 514 g/mol. The Kier molecular flexibility index (Phi) is 5.17. The highest BCUT2D eigenvalue weighted by Gasteiger charge is 2.38. The standard InChI is InChI=1S/C39H27NO2/c1-39(2)33-14-8-9-15-35(33)40(28-12-4-3-5-13-28)36-29-18-16-24(20-27(29)17-19-34(36)39)21-32-37(41)30-22-25-10-6-7-11-26(25)23-31(30)38(32)42/h3-23H,1-2H3. The number of benzene rings is 6. The van der Waals surface area contributed by atoms with E-state index in [1.54, 1.807) is 6.08 Å². The first-order valence-corrected chi connectivity index (χ1v) is 14.3. The van der Waals surface area contributed by atoms with Gasteiger partial charge in [-0.15, -0.1) is 0 Å². The number of ketones is 2. The second kappa shape index (κ2) is 8.86. The lowest BCUT2D eigenvalue weighted by molar-refractivity contribution is 0.0990. The van der Waals surface area contributed by atoms with E-state index in [-0.39, 0.29) is 22.6 Å². The van der Waals surface area contributed by atoms with Crippen LogP contribution < -0.4 is 4.90 Å². The van der Waals surface area contributed by atoms with Gasteiger partial charge in [0.25, 0.3) is 0 Å². The fourth-order valence-electron chi connectivity index (χ4n) is 6.78. The van der Waals surface area contributed by atoms with Gasteiger partial charge in [-0.3, -0.25) is 9.59 Å². The third kappa shape index (κ3) is 3.47. The summed E-state index contributed by atoms with van der Waals surface area (Å²) in [5, 5.41) is 4.10. The van der Waals surface area contributed by atoms with E-state index >= 15 is 0 Å². The van der Waals surface area contributed by atoms with Crippen LogP contribution in [-0.4, -0.2) is 11.6 Å². The number of anilines is 3. The maximum atomic E-state index is 13.4. The highest BCUT2D eigenvalue weighted by atomic mass is 16.2. The van der Waals surface area contributed by atoms with Crippen LogP contribution in [0.15, 0.2) is 127 Å². The van der Waals surface area contributed by atoms with E-state index in [1.165, 1.54) is 16.8 Å². The van der Waals surface area contributed by atoms with Crippen molar-refractivity contribution in [2.24, 2.45) is 0 Å². The second-order valence-corrected chi connectivity index (χ2v) is 11.7. The van der Waals surface area contributed by atoms with Crippen LogP contribution in [0, 0.1) is 0 Å². The summed E-state index contributed by atoms with van der Waals surface area (Å²) in [5.41, 5.74) is 7.81. The second-order valence-electron chi connectivity index (χ2n) is 11.7.